The first-order chi connectivity index (χ1) is 16.7. The Morgan fingerprint density at radius 2 is 2.00 bits per heavy atom. The largest absolute Gasteiger partial charge is 0.507 e. The van der Waals surface area contributed by atoms with E-state index in [0.29, 0.717) is 31.0 Å². The van der Waals surface area contributed by atoms with E-state index in [1.165, 1.54) is 17.7 Å². The predicted octanol–water partition coefficient (Wildman–Crippen LogP) is 2.33. The van der Waals surface area contributed by atoms with Crippen LogP contribution in [0.5, 0.6) is 5.75 Å². The molecule has 2 aromatic carbocycles. The Morgan fingerprint density at radius 1 is 1.17 bits per heavy atom. The number of phenols is 1. The van der Waals surface area contributed by atoms with Crippen LogP contribution in [0.25, 0.3) is 11.3 Å². The lowest BCUT2D eigenvalue weighted by Gasteiger charge is -2.37. The summed E-state index contributed by atoms with van der Waals surface area (Å²) in [6.07, 6.45) is 2.27. The van der Waals surface area contributed by atoms with Crippen molar-refractivity contribution < 1.29 is 13.5 Å². The number of piperazine rings is 1. The minimum Gasteiger partial charge on any atom is -0.507 e. The number of aromatic hydroxyl groups is 1. The number of aromatic nitrogens is 2. The molecule has 1 saturated heterocycles. The summed E-state index contributed by atoms with van der Waals surface area (Å²) in [4.78, 5) is 11.2. The highest BCUT2D eigenvalue weighted by molar-refractivity contribution is 7.89. The van der Waals surface area contributed by atoms with Crippen LogP contribution in [-0.2, 0) is 23.0 Å². The zero-order valence-corrected chi connectivity index (χ0v) is 20.8. The first kappa shape index (κ1) is 25.1. The van der Waals surface area contributed by atoms with Crippen LogP contribution in [0.3, 0.4) is 0 Å². The van der Waals surface area contributed by atoms with Crippen LogP contribution in [0.1, 0.15) is 25.0 Å². The number of nitrogens with zero attached hydrogens (tertiary/aromatic N) is 3. The molecule has 5 N–H and O–H groups in total. The highest BCUT2D eigenvalue weighted by Crippen LogP contribution is 2.23. The van der Waals surface area contributed by atoms with E-state index in [9.17, 15) is 13.5 Å². The summed E-state index contributed by atoms with van der Waals surface area (Å²) in [5.74, 6) is 0.149. The number of primary sulfonamides is 1. The summed E-state index contributed by atoms with van der Waals surface area (Å²) >= 11 is 0. The number of phenolic OH excluding ortho intramolecular Hbond substituents is 1. The van der Waals surface area contributed by atoms with Gasteiger partial charge in [0.05, 0.1) is 5.69 Å². The number of anilines is 1. The number of hydrogen-bond donors (Lipinski definition) is 4. The van der Waals surface area contributed by atoms with Crippen molar-refractivity contribution in [1.82, 2.24) is 20.2 Å². The standard InChI is InChI=1S/C25H32N6O3S/c1-17-15-31(18(2)14-29-17)16-20-4-3-5-21(12-20)22-9-11-28-25(30-22)27-10-8-19-6-7-24(23(32)13-19)35(26,33)34/h3-7,9,11-13,17-18,29,32H,8,10,14-16H2,1-2H3,(H2,26,33,34)(H,27,28,30)/t17-,18-/m0/s1. The maximum Gasteiger partial charge on any atom is 0.241 e. The first-order valence-corrected chi connectivity index (χ1v) is 13.2. The minimum absolute atomic E-state index is 0.284. The predicted molar refractivity (Wildman–Crippen MR) is 136 cm³/mol. The maximum atomic E-state index is 11.4. The molecule has 3 aromatic rings. The van der Waals surface area contributed by atoms with E-state index in [0.717, 1.165) is 36.5 Å². The van der Waals surface area contributed by atoms with Gasteiger partial charge in [-0.3, -0.25) is 4.90 Å². The molecule has 0 radical (unpaired) electrons. The average molecular weight is 497 g/mol. The molecule has 10 heteroatoms. The molecule has 1 aliphatic heterocycles. The Kier molecular flexibility index (Phi) is 7.66. The summed E-state index contributed by atoms with van der Waals surface area (Å²) in [6, 6.07) is 15.7. The molecule has 1 aromatic heterocycles. The quantitative estimate of drug-likeness (QED) is 0.373. The fourth-order valence-corrected chi connectivity index (χ4v) is 4.87. The Labute approximate surface area is 206 Å². The van der Waals surface area contributed by atoms with Crippen LogP contribution in [0.4, 0.5) is 5.95 Å². The van der Waals surface area contributed by atoms with Crippen molar-refractivity contribution in [3.63, 3.8) is 0 Å². The molecule has 0 saturated carbocycles. The molecule has 9 nitrogen and oxygen atoms in total. The van der Waals surface area contributed by atoms with E-state index >= 15 is 0 Å². The van der Waals surface area contributed by atoms with Crippen molar-refractivity contribution >= 4 is 16.0 Å². The second kappa shape index (κ2) is 10.7. The second-order valence-electron chi connectivity index (χ2n) is 9.08. The molecule has 0 bridgehead atoms. The highest BCUT2D eigenvalue weighted by Gasteiger charge is 2.22. The number of sulfonamides is 1. The number of nitrogens with two attached hydrogens (primary N) is 1. The molecule has 0 aliphatic carbocycles. The van der Waals surface area contributed by atoms with Gasteiger partial charge >= 0.3 is 0 Å². The van der Waals surface area contributed by atoms with Crippen molar-refractivity contribution in [1.29, 1.82) is 0 Å². The summed E-state index contributed by atoms with van der Waals surface area (Å²) in [6.45, 7) is 7.90. The van der Waals surface area contributed by atoms with Crippen LogP contribution in [0.15, 0.2) is 59.6 Å². The fraction of sp³-hybridized carbons (Fsp3) is 0.360. The average Bonchev–Trinajstić information content (AvgIpc) is 2.81. The van der Waals surface area contributed by atoms with E-state index < -0.39 is 10.0 Å². The SMILES string of the molecule is C[C@H]1CN(Cc2cccc(-c3ccnc(NCCc4ccc(S(N)(=O)=O)c(O)c4)n3)c2)[C@@H](C)CN1. The fourth-order valence-electron chi connectivity index (χ4n) is 4.26. The Balaban J connectivity index is 1.39. The molecule has 35 heavy (non-hydrogen) atoms. The van der Waals surface area contributed by atoms with Gasteiger partial charge in [-0.15, -0.1) is 0 Å². The molecular formula is C25H32N6O3S. The normalized spacial score (nSPS) is 18.9. The lowest BCUT2D eigenvalue weighted by Crippen LogP contribution is -2.53. The van der Waals surface area contributed by atoms with Gasteiger partial charge in [0, 0.05) is 50.0 Å². The van der Waals surface area contributed by atoms with E-state index in [4.69, 9.17) is 5.14 Å². The molecule has 2 heterocycles. The van der Waals surface area contributed by atoms with E-state index in [-0.39, 0.29) is 10.6 Å². The van der Waals surface area contributed by atoms with E-state index in [1.807, 2.05) is 6.07 Å². The minimum atomic E-state index is -3.95. The second-order valence-corrected chi connectivity index (χ2v) is 10.6. The van der Waals surface area contributed by atoms with Gasteiger partial charge in [0.1, 0.15) is 10.6 Å². The van der Waals surface area contributed by atoms with Gasteiger partial charge in [0.15, 0.2) is 0 Å². The molecule has 1 fully saturated rings. The van der Waals surface area contributed by atoms with Crippen molar-refractivity contribution in [2.24, 2.45) is 5.14 Å². The molecule has 0 spiro atoms. The number of benzene rings is 2. The molecule has 1 aliphatic rings. The summed E-state index contributed by atoms with van der Waals surface area (Å²) in [7, 11) is -3.95. The lowest BCUT2D eigenvalue weighted by molar-refractivity contribution is 0.139. The smallest absolute Gasteiger partial charge is 0.241 e. The maximum absolute atomic E-state index is 11.4. The molecule has 0 unspecified atom stereocenters. The third-order valence-electron chi connectivity index (χ3n) is 6.18. The van der Waals surface area contributed by atoms with Gasteiger partial charge in [0.2, 0.25) is 16.0 Å². The van der Waals surface area contributed by atoms with Crippen molar-refractivity contribution in [3.05, 3.63) is 65.9 Å². The summed E-state index contributed by atoms with van der Waals surface area (Å²) in [5.41, 5.74) is 3.88. The van der Waals surface area contributed by atoms with Crippen LogP contribution in [0, 0.1) is 0 Å². The number of nitrogens with one attached hydrogen (secondary N) is 2. The first-order valence-electron chi connectivity index (χ1n) is 11.7. The Hall–Kier alpha value is -3.05. The molecule has 4 rings (SSSR count). The zero-order chi connectivity index (χ0) is 25.0. The van der Waals surface area contributed by atoms with E-state index in [1.54, 1.807) is 12.3 Å². The number of rotatable bonds is 8. The summed E-state index contributed by atoms with van der Waals surface area (Å²) in [5, 5.41) is 21.8. The molecule has 2 atom stereocenters. The van der Waals surface area contributed by atoms with Gasteiger partial charge < -0.3 is 15.7 Å². The zero-order valence-electron chi connectivity index (χ0n) is 20.0. The third kappa shape index (κ3) is 6.55. The topological polar surface area (TPSA) is 133 Å². The van der Waals surface area contributed by atoms with E-state index in [2.05, 4.69) is 63.6 Å². The van der Waals surface area contributed by atoms with Crippen LogP contribution >= 0.6 is 0 Å². The number of hydrogen-bond acceptors (Lipinski definition) is 8. The molecule has 186 valence electrons. The Morgan fingerprint density at radius 3 is 2.77 bits per heavy atom. The van der Waals surface area contributed by atoms with Gasteiger partial charge in [0.25, 0.3) is 0 Å². The molecule has 0 amide bonds. The van der Waals surface area contributed by atoms with Crippen LogP contribution in [-0.4, -0.2) is 60.1 Å². The Bertz CT molecular complexity index is 1280. The van der Waals surface area contributed by atoms with Gasteiger partial charge in [-0.25, -0.2) is 23.5 Å². The molecular weight excluding hydrogens is 464 g/mol. The lowest BCUT2D eigenvalue weighted by atomic mass is 10.1. The monoisotopic (exact) mass is 496 g/mol. The van der Waals surface area contributed by atoms with Crippen LogP contribution in [0.2, 0.25) is 0 Å². The highest BCUT2D eigenvalue weighted by atomic mass is 32.2. The van der Waals surface area contributed by atoms with Crippen molar-refractivity contribution in [2.75, 3.05) is 25.0 Å². The third-order valence-corrected chi connectivity index (χ3v) is 7.14. The van der Waals surface area contributed by atoms with Gasteiger partial charge in [-0.2, -0.15) is 0 Å². The van der Waals surface area contributed by atoms with Crippen molar-refractivity contribution in [3.8, 4) is 17.0 Å². The van der Waals surface area contributed by atoms with Gasteiger partial charge in [-0.1, -0.05) is 24.3 Å². The van der Waals surface area contributed by atoms with Crippen molar-refractivity contribution in [2.45, 2.75) is 43.8 Å². The van der Waals surface area contributed by atoms with Crippen LogP contribution < -0.4 is 15.8 Å². The van der Waals surface area contributed by atoms with Gasteiger partial charge in [-0.05, 0) is 55.7 Å². The summed E-state index contributed by atoms with van der Waals surface area (Å²) < 4.78 is 22.9.